The number of ether oxygens (including phenoxy) is 1. The molecule has 0 radical (unpaired) electrons. The van der Waals surface area contributed by atoms with E-state index in [2.05, 4.69) is 4.90 Å². The molecule has 2 unspecified atom stereocenters. The van der Waals surface area contributed by atoms with Gasteiger partial charge in [-0.1, -0.05) is 6.07 Å². The summed E-state index contributed by atoms with van der Waals surface area (Å²) in [5, 5.41) is 0. The second-order valence-corrected chi connectivity index (χ2v) is 6.06. The number of amides is 1. The van der Waals surface area contributed by atoms with Crippen molar-refractivity contribution in [3.05, 3.63) is 35.4 Å². The van der Waals surface area contributed by atoms with E-state index in [-0.39, 0.29) is 24.5 Å². The Hall–Kier alpha value is -1.57. The molecule has 0 bridgehead atoms. The van der Waals surface area contributed by atoms with E-state index in [1.807, 2.05) is 6.92 Å². The Morgan fingerprint density at radius 3 is 2.50 bits per heavy atom. The van der Waals surface area contributed by atoms with Crippen LogP contribution in [0.25, 0.3) is 0 Å². The number of hydrogen-bond donors (Lipinski definition) is 1. The smallest absolute Gasteiger partial charge is 0.225 e. The van der Waals surface area contributed by atoms with Gasteiger partial charge in [0.15, 0.2) is 0 Å². The topological polar surface area (TPSA) is 58.8 Å². The molecule has 7 heteroatoms. The molecule has 1 aliphatic rings. The number of halogens is 2. The van der Waals surface area contributed by atoms with E-state index < -0.39 is 11.6 Å². The molecule has 1 aromatic carbocycles. The summed E-state index contributed by atoms with van der Waals surface area (Å²) in [5.74, 6) is -1.09. The molecular weight excluding hydrogens is 316 g/mol. The van der Waals surface area contributed by atoms with Gasteiger partial charge in [0.25, 0.3) is 0 Å². The quantitative estimate of drug-likeness (QED) is 0.853. The van der Waals surface area contributed by atoms with Crippen LogP contribution in [0.1, 0.15) is 24.9 Å². The van der Waals surface area contributed by atoms with Crippen LogP contribution in [0.3, 0.4) is 0 Å². The molecule has 0 saturated carbocycles. The second kappa shape index (κ2) is 8.50. The van der Waals surface area contributed by atoms with Crippen LogP contribution in [0, 0.1) is 11.6 Å². The predicted molar refractivity (Wildman–Crippen MR) is 87.4 cm³/mol. The highest BCUT2D eigenvalue weighted by Gasteiger charge is 2.27. The maximum Gasteiger partial charge on any atom is 0.225 e. The highest BCUT2D eigenvalue weighted by atomic mass is 19.1. The van der Waals surface area contributed by atoms with Crippen LogP contribution < -0.4 is 5.73 Å². The summed E-state index contributed by atoms with van der Waals surface area (Å²) in [7, 11) is 1.54. The van der Waals surface area contributed by atoms with Gasteiger partial charge < -0.3 is 15.4 Å². The van der Waals surface area contributed by atoms with Gasteiger partial charge in [0.1, 0.15) is 11.6 Å². The lowest BCUT2D eigenvalue weighted by Gasteiger charge is -2.38. The first-order valence-electron chi connectivity index (χ1n) is 8.16. The lowest BCUT2D eigenvalue weighted by molar-refractivity contribution is -0.135. The first-order chi connectivity index (χ1) is 11.5. The first kappa shape index (κ1) is 18.8. The van der Waals surface area contributed by atoms with Crippen LogP contribution in [0.15, 0.2) is 18.2 Å². The third-order valence-corrected chi connectivity index (χ3v) is 4.63. The summed E-state index contributed by atoms with van der Waals surface area (Å²) >= 11 is 0. The van der Waals surface area contributed by atoms with Crippen molar-refractivity contribution in [2.45, 2.75) is 25.5 Å². The van der Waals surface area contributed by atoms with E-state index in [1.54, 1.807) is 12.0 Å². The summed E-state index contributed by atoms with van der Waals surface area (Å²) < 4.78 is 32.1. The molecule has 134 valence electrons. The van der Waals surface area contributed by atoms with Gasteiger partial charge in [-0.05, 0) is 13.0 Å². The van der Waals surface area contributed by atoms with Gasteiger partial charge in [-0.25, -0.2) is 8.78 Å². The molecular formula is C17H25F2N3O2. The monoisotopic (exact) mass is 341 g/mol. The van der Waals surface area contributed by atoms with E-state index in [4.69, 9.17) is 10.5 Å². The molecule has 0 aliphatic carbocycles. The highest BCUT2D eigenvalue weighted by molar-refractivity contribution is 5.76. The van der Waals surface area contributed by atoms with Crippen molar-refractivity contribution in [2.24, 2.45) is 5.73 Å². The minimum Gasteiger partial charge on any atom is -0.380 e. The number of piperazine rings is 1. The summed E-state index contributed by atoms with van der Waals surface area (Å²) in [6, 6.07) is 3.49. The average molecular weight is 341 g/mol. The molecule has 0 spiro atoms. The number of nitrogens with two attached hydrogens (primary N) is 1. The van der Waals surface area contributed by atoms with Gasteiger partial charge in [0, 0.05) is 57.5 Å². The summed E-state index contributed by atoms with van der Waals surface area (Å²) in [6.45, 7) is 4.64. The van der Waals surface area contributed by atoms with E-state index in [0.29, 0.717) is 38.3 Å². The van der Waals surface area contributed by atoms with Gasteiger partial charge in [-0.2, -0.15) is 0 Å². The lowest BCUT2D eigenvalue weighted by atomic mass is 10.0. The molecule has 5 nitrogen and oxygen atoms in total. The predicted octanol–water partition coefficient (Wildman–Crippen LogP) is 1.53. The maximum absolute atomic E-state index is 13.9. The number of benzene rings is 1. The third-order valence-electron chi connectivity index (χ3n) is 4.63. The van der Waals surface area contributed by atoms with Crippen molar-refractivity contribution in [3.63, 3.8) is 0 Å². The zero-order valence-corrected chi connectivity index (χ0v) is 14.2. The Morgan fingerprint density at radius 1 is 1.29 bits per heavy atom. The fraction of sp³-hybridized carbons (Fsp3) is 0.588. The number of carbonyl (C=O) groups excluding carboxylic acids is 1. The normalized spacial score (nSPS) is 18.5. The van der Waals surface area contributed by atoms with Crippen molar-refractivity contribution in [3.8, 4) is 0 Å². The molecule has 2 atom stereocenters. The largest absolute Gasteiger partial charge is 0.380 e. The van der Waals surface area contributed by atoms with E-state index in [1.165, 1.54) is 12.1 Å². The van der Waals surface area contributed by atoms with Gasteiger partial charge in [-0.15, -0.1) is 0 Å². The molecule has 2 N–H and O–H groups in total. The molecule has 0 aromatic heterocycles. The van der Waals surface area contributed by atoms with Gasteiger partial charge in [0.05, 0.1) is 12.5 Å². The molecule has 2 rings (SSSR count). The number of methoxy groups -OCH3 is 1. The van der Waals surface area contributed by atoms with Crippen molar-refractivity contribution in [1.29, 1.82) is 0 Å². The second-order valence-electron chi connectivity index (χ2n) is 6.06. The van der Waals surface area contributed by atoms with Crippen LogP contribution >= 0.6 is 0 Å². The average Bonchev–Trinajstić information content (AvgIpc) is 2.59. The Morgan fingerprint density at radius 2 is 1.96 bits per heavy atom. The highest BCUT2D eigenvalue weighted by Crippen LogP contribution is 2.24. The SMILES string of the molecule is COC(CN)CC(=O)N1CCN(C(C)c2ccc(F)cc2F)CC1. The molecule has 1 aliphatic heterocycles. The van der Waals surface area contributed by atoms with Crippen LogP contribution in [-0.4, -0.2) is 61.6 Å². The van der Waals surface area contributed by atoms with Gasteiger partial charge in [-0.3, -0.25) is 9.69 Å². The Kier molecular flexibility index (Phi) is 6.65. The van der Waals surface area contributed by atoms with Crippen molar-refractivity contribution in [2.75, 3.05) is 39.8 Å². The zero-order valence-electron chi connectivity index (χ0n) is 14.2. The van der Waals surface area contributed by atoms with Crippen molar-refractivity contribution >= 4 is 5.91 Å². The summed E-state index contributed by atoms with van der Waals surface area (Å²) in [4.78, 5) is 16.1. The van der Waals surface area contributed by atoms with Crippen molar-refractivity contribution in [1.82, 2.24) is 9.80 Å². The van der Waals surface area contributed by atoms with E-state index >= 15 is 0 Å². The molecule has 1 heterocycles. The molecule has 1 fully saturated rings. The van der Waals surface area contributed by atoms with Crippen LogP contribution in [0.5, 0.6) is 0 Å². The summed E-state index contributed by atoms with van der Waals surface area (Å²) in [5.41, 5.74) is 6.02. The van der Waals surface area contributed by atoms with Crippen LogP contribution in [0.4, 0.5) is 8.78 Å². The number of hydrogen-bond acceptors (Lipinski definition) is 4. The van der Waals surface area contributed by atoms with Crippen LogP contribution in [-0.2, 0) is 9.53 Å². The lowest BCUT2D eigenvalue weighted by Crippen LogP contribution is -2.50. The minimum atomic E-state index is -0.577. The molecule has 1 amide bonds. The van der Waals surface area contributed by atoms with Gasteiger partial charge >= 0.3 is 0 Å². The van der Waals surface area contributed by atoms with E-state index in [9.17, 15) is 13.6 Å². The molecule has 1 aromatic rings. The standard InChI is InChI=1S/C17H25F2N3O2/c1-12(15-4-3-13(18)9-16(15)19)21-5-7-22(8-6-21)17(23)10-14(11-20)24-2/h3-4,9,12,14H,5-8,10-11,20H2,1-2H3. The maximum atomic E-state index is 13.9. The Balaban J connectivity index is 1.91. The zero-order chi connectivity index (χ0) is 17.7. The Bertz CT molecular complexity index is 559. The number of nitrogens with zero attached hydrogens (tertiary/aromatic N) is 2. The van der Waals surface area contributed by atoms with Gasteiger partial charge in [0.2, 0.25) is 5.91 Å². The third kappa shape index (κ3) is 4.49. The van der Waals surface area contributed by atoms with Crippen molar-refractivity contribution < 1.29 is 18.3 Å². The molecule has 1 saturated heterocycles. The molecule has 24 heavy (non-hydrogen) atoms. The first-order valence-corrected chi connectivity index (χ1v) is 8.16. The fourth-order valence-electron chi connectivity index (χ4n) is 2.98. The van der Waals surface area contributed by atoms with E-state index in [0.717, 1.165) is 6.07 Å². The summed E-state index contributed by atoms with van der Waals surface area (Å²) in [6.07, 6.45) is 0.0116. The fourth-order valence-corrected chi connectivity index (χ4v) is 2.98. The number of carbonyl (C=O) groups is 1. The Labute approximate surface area is 141 Å². The minimum absolute atomic E-state index is 0.0209. The van der Waals surface area contributed by atoms with Crippen LogP contribution in [0.2, 0.25) is 0 Å². The number of rotatable bonds is 6.